The molecule has 3 rings (SSSR count). The van der Waals surface area contributed by atoms with Crippen molar-refractivity contribution in [3.05, 3.63) is 53.6 Å². The molecule has 0 aromatic heterocycles. The predicted molar refractivity (Wildman–Crippen MR) is 90.7 cm³/mol. The Balaban J connectivity index is 1.69. The zero-order valence-electron chi connectivity index (χ0n) is 13.9. The molecule has 1 unspecified atom stereocenters. The molecule has 5 nitrogen and oxygen atoms in total. The van der Waals surface area contributed by atoms with Crippen LogP contribution in [-0.4, -0.2) is 26.7 Å². The van der Waals surface area contributed by atoms with E-state index < -0.39 is 0 Å². The van der Waals surface area contributed by atoms with E-state index in [1.807, 2.05) is 42.5 Å². The molecule has 1 aliphatic heterocycles. The number of amides is 1. The summed E-state index contributed by atoms with van der Waals surface area (Å²) in [5.74, 6) is 2.10. The number of fused-ring (bicyclic) bond motifs is 1. The van der Waals surface area contributed by atoms with Gasteiger partial charge in [0, 0.05) is 12.0 Å². The van der Waals surface area contributed by atoms with Crippen LogP contribution in [0, 0.1) is 0 Å². The van der Waals surface area contributed by atoms with E-state index in [1.54, 1.807) is 14.2 Å². The van der Waals surface area contributed by atoms with Crippen molar-refractivity contribution < 1.29 is 19.0 Å². The Bertz CT molecular complexity index is 729. The van der Waals surface area contributed by atoms with Gasteiger partial charge in [0.05, 0.1) is 33.3 Å². The van der Waals surface area contributed by atoms with Crippen molar-refractivity contribution in [1.29, 1.82) is 0 Å². The number of carbonyl (C=O) groups is 1. The van der Waals surface area contributed by atoms with Crippen LogP contribution >= 0.6 is 0 Å². The Labute approximate surface area is 141 Å². The van der Waals surface area contributed by atoms with E-state index in [0.29, 0.717) is 24.5 Å². The highest BCUT2D eigenvalue weighted by atomic mass is 16.5. The topological polar surface area (TPSA) is 56.8 Å². The number of methoxy groups -OCH3 is 2. The quantitative estimate of drug-likeness (QED) is 0.917. The van der Waals surface area contributed by atoms with Crippen LogP contribution in [0.3, 0.4) is 0 Å². The molecule has 0 aliphatic carbocycles. The summed E-state index contributed by atoms with van der Waals surface area (Å²) in [7, 11) is 3.17. The van der Waals surface area contributed by atoms with Crippen molar-refractivity contribution in [2.24, 2.45) is 0 Å². The van der Waals surface area contributed by atoms with E-state index in [9.17, 15) is 4.79 Å². The van der Waals surface area contributed by atoms with Gasteiger partial charge < -0.3 is 19.5 Å². The monoisotopic (exact) mass is 327 g/mol. The second kappa shape index (κ2) is 7.25. The number of carbonyl (C=O) groups excluding carboxylic acids is 1. The van der Waals surface area contributed by atoms with Gasteiger partial charge in [0.15, 0.2) is 11.5 Å². The van der Waals surface area contributed by atoms with E-state index in [-0.39, 0.29) is 11.9 Å². The number of hydrogen-bond donors (Lipinski definition) is 1. The Morgan fingerprint density at radius 1 is 1.17 bits per heavy atom. The van der Waals surface area contributed by atoms with Gasteiger partial charge in [0.25, 0.3) is 0 Å². The molecule has 2 aromatic carbocycles. The Morgan fingerprint density at radius 2 is 1.96 bits per heavy atom. The third-order valence-electron chi connectivity index (χ3n) is 4.11. The molecule has 1 aliphatic rings. The summed E-state index contributed by atoms with van der Waals surface area (Å²) >= 11 is 0. The van der Waals surface area contributed by atoms with Crippen LogP contribution in [0.15, 0.2) is 42.5 Å². The maximum Gasteiger partial charge on any atom is 0.224 e. The molecular formula is C19H21NO4. The second-order valence-corrected chi connectivity index (χ2v) is 5.66. The molecule has 24 heavy (non-hydrogen) atoms. The van der Waals surface area contributed by atoms with Gasteiger partial charge in [0.2, 0.25) is 5.91 Å². The maximum atomic E-state index is 12.4. The minimum Gasteiger partial charge on any atom is -0.493 e. The summed E-state index contributed by atoms with van der Waals surface area (Å²) in [4.78, 5) is 12.4. The van der Waals surface area contributed by atoms with E-state index in [4.69, 9.17) is 14.2 Å². The summed E-state index contributed by atoms with van der Waals surface area (Å²) in [5, 5.41) is 3.10. The van der Waals surface area contributed by atoms with Crippen molar-refractivity contribution in [2.45, 2.75) is 18.9 Å². The molecule has 1 atom stereocenters. The Hall–Kier alpha value is -2.69. The maximum absolute atomic E-state index is 12.4. The van der Waals surface area contributed by atoms with Crippen molar-refractivity contribution in [2.75, 3.05) is 20.8 Å². The van der Waals surface area contributed by atoms with Crippen LogP contribution in [0.1, 0.15) is 23.6 Å². The van der Waals surface area contributed by atoms with Gasteiger partial charge in [-0.25, -0.2) is 0 Å². The molecule has 0 fully saturated rings. The number of nitrogens with one attached hydrogen (secondary N) is 1. The Morgan fingerprint density at radius 3 is 2.75 bits per heavy atom. The standard InChI is InChI=1S/C19H21NO4/c1-22-17-8-7-13(11-18(17)23-2)12-19(21)20-15-9-10-24-16-6-4-3-5-14(15)16/h3-8,11,15H,9-10,12H2,1-2H3,(H,20,21). The summed E-state index contributed by atoms with van der Waals surface area (Å²) in [6.07, 6.45) is 1.06. The van der Waals surface area contributed by atoms with E-state index in [0.717, 1.165) is 23.3 Å². The van der Waals surface area contributed by atoms with Gasteiger partial charge in [-0.15, -0.1) is 0 Å². The highest BCUT2D eigenvalue weighted by molar-refractivity contribution is 5.79. The first-order valence-corrected chi connectivity index (χ1v) is 7.93. The van der Waals surface area contributed by atoms with E-state index >= 15 is 0 Å². The molecule has 1 heterocycles. The van der Waals surface area contributed by atoms with Gasteiger partial charge in [-0.2, -0.15) is 0 Å². The van der Waals surface area contributed by atoms with Gasteiger partial charge >= 0.3 is 0 Å². The smallest absolute Gasteiger partial charge is 0.224 e. The highest BCUT2D eigenvalue weighted by Crippen LogP contribution is 2.32. The molecule has 0 spiro atoms. The van der Waals surface area contributed by atoms with Crippen molar-refractivity contribution in [3.63, 3.8) is 0 Å². The first-order valence-electron chi connectivity index (χ1n) is 7.93. The number of para-hydroxylation sites is 1. The number of rotatable bonds is 5. The largest absolute Gasteiger partial charge is 0.493 e. The van der Waals surface area contributed by atoms with E-state index in [1.165, 1.54) is 0 Å². The molecule has 2 aromatic rings. The summed E-state index contributed by atoms with van der Waals surface area (Å²) in [6.45, 7) is 0.609. The highest BCUT2D eigenvalue weighted by Gasteiger charge is 2.22. The van der Waals surface area contributed by atoms with Crippen LogP contribution < -0.4 is 19.5 Å². The fourth-order valence-electron chi connectivity index (χ4n) is 2.91. The number of benzene rings is 2. The Kier molecular flexibility index (Phi) is 4.89. The van der Waals surface area contributed by atoms with Gasteiger partial charge in [0.1, 0.15) is 5.75 Å². The fourth-order valence-corrected chi connectivity index (χ4v) is 2.91. The summed E-state index contributed by atoms with van der Waals surface area (Å²) in [5.41, 5.74) is 1.91. The molecular weight excluding hydrogens is 306 g/mol. The van der Waals surface area contributed by atoms with Gasteiger partial charge in [-0.3, -0.25) is 4.79 Å². The zero-order valence-corrected chi connectivity index (χ0v) is 13.9. The molecule has 5 heteroatoms. The SMILES string of the molecule is COc1ccc(CC(=O)NC2CCOc3ccccc32)cc1OC. The number of hydrogen-bond acceptors (Lipinski definition) is 4. The molecule has 0 radical (unpaired) electrons. The lowest BCUT2D eigenvalue weighted by Crippen LogP contribution is -2.33. The van der Waals surface area contributed by atoms with Gasteiger partial charge in [-0.05, 0) is 23.8 Å². The average molecular weight is 327 g/mol. The summed E-state index contributed by atoms with van der Waals surface area (Å²) in [6, 6.07) is 13.3. The number of ether oxygens (including phenoxy) is 3. The lowest BCUT2D eigenvalue weighted by molar-refractivity contribution is -0.121. The van der Waals surface area contributed by atoms with Crippen LogP contribution in [-0.2, 0) is 11.2 Å². The summed E-state index contributed by atoms with van der Waals surface area (Å²) < 4.78 is 16.1. The van der Waals surface area contributed by atoms with Gasteiger partial charge in [-0.1, -0.05) is 24.3 Å². The average Bonchev–Trinajstić information content (AvgIpc) is 2.62. The molecule has 1 N–H and O–H groups in total. The molecule has 126 valence electrons. The molecule has 0 saturated carbocycles. The molecule has 0 saturated heterocycles. The van der Waals surface area contributed by atoms with Crippen LogP contribution in [0.5, 0.6) is 17.2 Å². The lowest BCUT2D eigenvalue weighted by Gasteiger charge is -2.26. The third-order valence-corrected chi connectivity index (χ3v) is 4.11. The van der Waals surface area contributed by atoms with Crippen molar-refractivity contribution >= 4 is 5.91 Å². The minimum atomic E-state index is -0.0241. The second-order valence-electron chi connectivity index (χ2n) is 5.66. The van der Waals surface area contributed by atoms with Crippen LogP contribution in [0.2, 0.25) is 0 Å². The first-order chi connectivity index (χ1) is 11.7. The molecule has 1 amide bonds. The first kappa shape index (κ1) is 16.2. The normalized spacial score (nSPS) is 15.8. The van der Waals surface area contributed by atoms with Crippen molar-refractivity contribution in [3.8, 4) is 17.2 Å². The minimum absolute atomic E-state index is 0.0115. The molecule has 0 bridgehead atoms. The zero-order chi connectivity index (χ0) is 16.9. The van der Waals surface area contributed by atoms with Crippen LogP contribution in [0.25, 0.3) is 0 Å². The van der Waals surface area contributed by atoms with Crippen molar-refractivity contribution in [1.82, 2.24) is 5.32 Å². The lowest BCUT2D eigenvalue weighted by atomic mass is 10.00. The fraction of sp³-hybridized carbons (Fsp3) is 0.316. The van der Waals surface area contributed by atoms with E-state index in [2.05, 4.69) is 5.32 Å². The third kappa shape index (κ3) is 3.45. The van der Waals surface area contributed by atoms with Crippen LogP contribution in [0.4, 0.5) is 0 Å². The predicted octanol–water partition coefficient (Wildman–Crippen LogP) is 2.89.